The van der Waals surface area contributed by atoms with Crippen LogP contribution in [0.2, 0.25) is 5.02 Å². The van der Waals surface area contributed by atoms with Gasteiger partial charge in [0.05, 0.1) is 5.02 Å². The third-order valence-corrected chi connectivity index (χ3v) is 6.83. The van der Waals surface area contributed by atoms with Gasteiger partial charge in [0, 0.05) is 37.8 Å². The molecule has 4 rings (SSSR count). The Balaban J connectivity index is 1.50. The molecule has 1 aliphatic carbocycles. The van der Waals surface area contributed by atoms with E-state index in [4.69, 9.17) is 16.7 Å². The summed E-state index contributed by atoms with van der Waals surface area (Å²) in [5.41, 5.74) is 2.05. The molecule has 0 bridgehead atoms. The van der Waals surface area contributed by atoms with Crippen molar-refractivity contribution in [3.8, 4) is 0 Å². The Labute approximate surface area is 145 Å². The maximum atomic E-state index is 11.4. The van der Waals surface area contributed by atoms with Crippen molar-refractivity contribution in [2.24, 2.45) is 10.6 Å². The van der Waals surface area contributed by atoms with Crippen molar-refractivity contribution < 1.29 is 8.42 Å². The molecule has 3 heterocycles. The summed E-state index contributed by atoms with van der Waals surface area (Å²) in [4.78, 5) is 6.63. The van der Waals surface area contributed by atoms with Crippen molar-refractivity contribution in [3.63, 3.8) is 0 Å². The van der Waals surface area contributed by atoms with E-state index in [2.05, 4.69) is 15.0 Å². The van der Waals surface area contributed by atoms with Crippen LogP contribution in [0.5, 0.6) is 0 Å². The molecule has 0 unspecified atom stereocenters. The molecule has 1 spiro atoms. The summed E-state index contributed by atoms with van der Waals surface area (Å²) in [6, 6.07) is -0.00273. The second kappa shape index (κ2) is 5.04. The predicted molar refractivity (Wildman–Crippen MR) is 91.3 cm³/mol. The first kappa shape index (κ1) is 16.1. The topological polar surface area (TPSA) is 96.8 Å². The highest BCUT2D eigenvalue weighted by Gasteiger charge is 2.55. The molecule has 0 atom stereocenters. The Morgan fingerprint density at radius 3 is 2.71 bits per heavy atom. The molecule has 2 fully saturated rings. The summed E-state index contributed by atoms with van der Waals surface area (Å²) in [7, 11) is -2.07. The van der Waals surface area contributed by atoms with E-state index in [1.807, 2.05) is 6.92 Å². The molecule has 8 nitrogen and oxygen atoms in total. The molecule has 2 aromatic heterocycles. The number of anilines is 1. The minimum atomic E-state index is -3.61. The lowest BCUT2D eigenvalue weighted by molar-refractivity contribution is 0.0207. The summed E-state index contributed by atoms with van der Waals surface area (Å²) in [5.74, 6) is 0.878. The minimum Gasteiger partial charge on any atom is -0.354 e. The molecule has 2 aromatic rings. The first-order valence-corrected chi connectivity index (χ1v) is 9.57. The van der Waals surface area contributed by atoms with Crippen molar-refractivity contribution in [2.45, 2.75) is 25.8 Å². The highest BCUT2D eigenvalue weighted by molar-refractivity contribution is 7.86. The van der Waals surface area contributed by atoms with Gasteiger partial charge < -0.3 is 4.90 Å². The minimum absolute atomic E-state index is 0.00273. The van der Waals surface area contributed by atoms with Crippen LogP contribution >= 0.6 is 11.6 Å². The fraction of sp³-hybridized carbons (Fsp3) is 0.571. The largest absolute Gasteiger partial charge is 0.354 e. The van der Waals surface area contributed by atoms with Crippen LogP contribution in [-0.4, -0.2) is 53.5 Å². The standard InChI is InChI=1S/C14H19ClN6O2S/c1-9-11(15)5-21-12(9)13(17-8-18-21)20-6-14(7-20)3-10(4-14)19(2)24(16,22)23/h5,8,10H,3-4,6-7H2,1-2H3,(H2,16,22,23). The van der Waals surface area contributed by atoms with Crippen LogP contribution in [0.15, 0.2) is 12.5 Å². The smallest absolute Gasteiger partial charge is 0.276 e. The van der Waals surface area contributed by atoms with Crippen molar-refractivity contribution in [1.29, 1.82) is 0 Å². The molecule has 10 heteroatoms. The summed E-state index contributed by atoms with van der Waals surface area (Å²) in [6.07, 6.45) is 4.98. The number of rotatable bonds is 3. The monoisotopic (exact) mass is 370 g/mol. The molecule has 2 N–H and O–H groups in total. The van der Waals surface area contributed by atoms with E-state index in [-0.39, 0.29) is 11.5 Å². The average Bonchev–Trinajstić information content (AvgIpc) is 2.70. The lowest BCUT2D eigenvalue weighted by atomic mass is 9.60. The molecular weight excluding hydrogens is 352 g/mol. The molecule has 24 heavy (non-hydrogen) atoms. The van der Waals surface area contributed by atoms with E-state index >= 15 is 0 Å². The number of hydrogen-bond acceptors (Lipinski definition) is 5. The number of aryl methyl sites for hydroxylation is 1. The molecule has 0 aromatic carbocycles. The van der Waals surface area contributed by atoms with Crippen LogP contribution < -0.4 is 10.0 Å². The van der Waals surface area contributed by atoms with Crippen LogP contribution in [-0.2, 0) is 10.2 Å². The highest BCUT2D eigenvalue weighted by Crippen LogP contribution is 2.51. The van der Waals surface area contributed by atoms with Gasteiger partial charge in [0.1, 0.15) is 11.8 Å². The van der Waals surface area contributed by atoms with Gasteiger partial charge in [-0.3, -0.25) is 0 Å². The second-order valence-electron chi connectivity index (χ2n) is 6.96. The van der Waals surface area contributed by atoms with Crippen molar-refractivity contribution in [3.05, 3.63) is 23.1 Å². The molecule has 1 saturated carbocycles. The van der Waals surface area contributed by atoms with Crippen molar-refractivity contribution in [1.82, 2.24) is 18.9 Å². The van der Waals surface area contributed by atoms with Crippen LogP contribution in [0.25, 0.3) is 5.52 Å². The molecule has 130 valence electrons. The van der Waals surface area contributed by atoms with Crippen molar-refractivity contribution in [2.75, 3.05) is 25.0 Å². The van der Waals surface area contributed by atoms with Gasteiger partial charge in [-0.2, -0.15) is 17.8 Å². The lowest BCUT2D eigenvalue weighted by Gasteiger charge is -2.60. The van der Waals surface area contributed by atoms with Gasteiger partial charge in [-0.1, -0.05) is 11.6 Å². The lowest BCUT2D eigenvalue weighted by Crippen LogP contribution is -2.67. The third-order valence-electron chi connectivity index (χ3n) is 5.35. The molecule has 2 aliphatic rings. The Hall–Kier alpha value is -1.42. The number of nitrogens with zero attached hydrogens (tertiary/aromatic N) is 5. The highest BCUT2D eigenvalue weighted by atomic mass is 35.5. The van der Waals surface area contributed by atoms with Crippen LogP contribution in [0.3, 0.4) is 0 Å². The van der Waals surface area contributed by atoms with Gasteiger partial charge in [-0.25, -0.2) is 14.6 Å². The molecule has 0 amide bonds. The Morgan fingerprint density at radius 2 is 2.08 bits per heavy atom. The van der Waals surface area contributed by atoms with E-state index < -0.39 is 10.2 Å². The number of aromatic nitrogens is 3. The number of hydrogen-bond donors (Lipinski definition) is 1. The van der Waals surface area contributed by atoms with Crippen LogP contribution in [0.4, 0.5) is 5.82 Å². The first-order chi connectivity index (χ1) is 11.2. The molecular formula is C14H19ClN6O2S. The molecule has 0 radical (unpaired) electrons. The van der Waals surface area contributed by atoms with E-state index in [0.717, 1.165) is 42.8 Å². The maximum absolute atomic E-state index is 11.4. The summed E-state index contributed by atoms with van der Waals surface area (Å²) < 4.78 is 25.9. The van der Waals surface area contributed by atoms with E-state index in [1.165, 1.54) is 10.6 Å². The number of halogens is 1. The second-order valence-corrected chi connectivity index (χ2v) is 8.97. The SMILES string of the molecule is Cc1c(Cl)cn2ncnc(N3CC4(CC(N(C)S(N)(=O)=O)C4)C3)c12. The number of fused-ring (bicyclic) bond motifs is 1. The van der Waals surface area contributed by atoms with Gasteiger partial charge in [0.25, 0.3) is 10.2 Å². The normalized spacial score (nSPS) is 20.6. The van der Waals surface area contributed by atoms with Gasteiger partial charge in [0.15, 0.2) is 5.82 Å². The number of nitrogens with two attached hydrogens (primary N) is 1. The maximum Gasteiger partial charge on any atom is 0.276 e. The van der Waals surface area contributed by atoms with Gasteiger partial charge >= 0.3 is 0 Å². The predicted octanol–water partition coefficient (Wildman–Crippen LogP) is 0.795. The Kier molecular flexibility index (Phi) is 3.38. The summed E-state index contributed by atoms with van der Waals surface area (Å²) in [5, 5.41) is 10.1. The third kappa shape index (κ3) is 2.30. The molecule has 1 aliphatic heterocycles. The van der Waals surface area contributed by atoms with Crippen molar-refractivity contribution >= 4 is 33.1 Å². The fourth-order valence-corrected chi connectivity index (χ4v) is 4.67. The zero-order chi connectivity index (χ0) is 17.3. The Bertz CT molecular complexity index is 913. The van der Waals surface area contributed by atoms with E-state index in [1.54, 1.807) is 17.8 Å². The van der Waals surface area contributed by atoms with Crippen LogP contribution in [0, 0.1) is 12.3 Å². The summed E-state index contributed by atoms with van der Waals surface area (Å²) >= 11 is 6.20. The van der Waals surface area contributed by atoms with Gasteiger partial charge in [0.2, 0.25) is 0 Å². The van der Waals surface area contributed by atoms with E-state index in [9.17, 15) is 8.42 Å². The average molecular weight is 371 g/mol. The molecule has 1 saturated heterocycles. The van der Waals surface area contributed by atoms with Gasteiger partial charge in [-0.05, 0) is 25.3 Å². The van der Waals surface area contributed by atoms with Gasteiger partial charge in [-0.15, -0.1) is 0 Å². The quantitative estimate of drug-likeness (QED) is 0.861. The summed E-state index contributed by atoms with van der Waals surface area (Å²) in [6.45, 7) is 3.67. The fourth-order valence-electron chi connectivity index (χ4n) is 3.92. The Morgan fingerprint density at radius 1 is 1.42 bits per heavy atom. The first-order valence-electron chi connectivity index (χ1n) is 7.69. The zero-order valence-electron chi connectivity index (χ0n) is 13.5. The zero-order valence-corrected chi connectivity index (χ0v) is 15.0. The van der Waals surface area contributed by atoms with E-state index in [0.29, 0.717) is 5.02 Å². The van der Waals surface area contributed by atoms with Crippen LogP contribution in [0.1, 0.15) is 18.4 Å².